The van der Waals surface area contributed by atoms with Crippen molar-refractivity contribution in [3.8, 4) is 0 Å². The molecule has 5 nitrogen and oxygen atoms in total. The fourth-order valence-electron chi connectivity index (χ4n) is 3.73. The topological polar surface area (TPSA) is 50.3 Å². The average molecular weight is 325 g/mol. The van der Waals surface area contributed by atoms with Gasteiger partial charge in [0.2, 0.25) is 0 Å². The van der Waals surface area contributed by atoms with Crippen molar-refractivity contribution in [1.82, 2.24) is 14.9 Å². The molecule has 2 aliphatic rings. The summed E-state index contributed by atoms with van der Waals surface area (Å²) in [7, 11) is 0. The Hall–Kier alpha value is -0.910. The summed E-state index contributed by atoms with van der Waals surface area (Å²) in [5, 5.41) is 4.02. The van der Waals surface area contributed by atoms with Gasteiger partial charge in [0.25, 0.3) is 0 Å². The van der Waals surface area contributed by atoms with Crippen molar-refractivity contribution in [2.75, 3.05) is 38.2 Å². The lowest BCUT2D eigenvalue weighted by Crippen LogP contribution is -2.58. The molecule has 22 heavy (non-hydrogen) atoms. The van der Waals surface area contributed by atoms with Crippen LogP contribution in [0.3, 0.4) is 0 Å². The molecule has 0 bridgehead atoms. The van der Waals surface area contributed by atoms with Gasteiger partial charge >= 0.3 is 0 Å². The minimum Gasteiger partial charge on any atom is -0.379 e. The highest BCUT2D eigenvalue weighted by molar-refractivity contribution is 6.29. The Labute approximate surface area is 137 Å². The summed E-state index contributed by atoms with van der Waals surface area (Å²) in [5.41, 5.74) is 0.230. The minimum atomic E-state index is 0.230. The smallest absolute Gasteiger partial charge is 0.134 e. The summed E-state index contributed by atoms with van der Waals surface area (Å²) in [4.78, 5) is 11.2. The lowest BCUT2D eigenvalue weighted by atomic mass is 9.79. The highest BCUT2D eigenvalue weighted by Gasteiger charge is 2.38. The Bertz CT molecular complexity index is 479. The van der Waals surface area contributed by atoms with Crippen LogP contribution in [0.25, 0.3) is 0 Å². The molecule has 0 radical (unpaired) electrons. The van der Waals surface area contributed by atoms with Gasteiger partial charge in [-0.3, -0.25) is 4.90 Å². The number of halogens is 1. The van der Waals surface area contributed by atoms with Crippen LogP contribution < -0.4 is 5.32 Å². The number of nitrogens with one attached hydrogen (secondary N) is 1. The number of hydrogen-bond acceptors (Lipinski definition) is 5. The molecule has 0 aromatic carbocycles. The van der Waals surface area contributed by atoms with Crippen molar-refractivity contribution in [1.29, 1.82) is 0 Å². The highest BCUT2D eigenvalue weighted by atomic mass is 35.5. The lowest BCUT2D eigenvalue weighted by Gasteiger charge is -2.48. The van der Waals surface area contributed by atoms with Gasteiger partial charge in [-0.25, -0.2) is 9.97 Å². The van der Waals surface area contributed by atoms with Crippen LogP contribution in [0.5, 0.6) is 0 Å². The third-order valence-electron chi connectivity index (χ3n) is 4.87. The number of anilines is 1. The van der Waals surface area contributed by atoms with E-state index in [1.54, 1.807) is 0 Å². The third-order valence-corrected chi connectivity index (χ3v) is 5.07. The lowest BCUT2D eigenvalue weighted by molar-refractivity contribution is -0.0318. The fourth-order valence-corrected chi connectivity index (χ4v) is 3.95. The van der Waals surface area contributed by atoms with E-state index in [-0.39, 0.29) is 5.54 Å². The quantitative estimate of drug-likeness (QED) is 0.863. The van der Waals surface area contributed by atoms with Crippen molar-refractivity contribution < 1.29 is 4.74 Å². The van der Waals surface area contributed by atoms with Crippen molar-refractivity contribution in [3.05, 3.63) is 17.0 Å². The number of aryl methyl sites for hydroxylation is 1. The molecule has 1 saturated heterocycles. The zero-order valence-corrected chi connectivity index (χ0v) is 14.0. The van der Waals surface area contributed by atoms with E-state index in [0.717, 1.165) is 38.7 Å². The first-order valence-electron chi connectivity index (χ1n) is 8.26. The molecular weight excluding hydrogens is 300 g/mol. The highest BCUT2D eigenvalue weighted by Crippen LogP contribution is 2.34. The standard InChI is InChI=1S/C16H25ClN4O/c1-13-19-14(17)11-15(20-13)18-12-16(5-3-2-4-6-16)21-7-9-22-10-8-21/h11H,2-10,12H2,1H3,(H,18,19,20). The summed E-state index contributed by atoms with van der Waals surface area (Å²) in [5.74, 6) is 1.54. The van der Waals surface area contributed by atoms with Crippen molar-refractivity contribution in [2.24, 2.45) is 0 Å². The SMILES string of the molecule is Cc1nc(Cl)cc(NCC2(N3CCOCC3)CCCCC2)n1. The second kappa shape index (κ2) is 7.11. The molecule has 1 aliphatic heterocycles. The largest absolute Gasteiger partial charge is 0.379 e. The first-order chi connectivity index (χ1) is 10.7. The van der Waals surface area contributed by atoms with Crippen molar-refractivity contribution in [3.63, 3.8) is 0 Å². The van der Waals surface area contributed by atoms with E-state index in [4.69, 9.17) is 16.3 Å². The number of ether oxygens (including phenoxy) is 1. The van der Waals surface area contributed by atoms with E-state index in [9.17, 15) is 0 Å². The molecule has 1 aromatic rings. The maximum absolute atomic E-state index is 6.04. The molecule has 0 unspecified atom stereocenters. The molecule has 0 spiro atoms. The molecule has 3 rings (SSSR count). The van der Waals surface area contributed by atoms with Gasteiger partial charge in [0.1, 0.15) is 16.8 Å². The second-order valence-electron chi connectivity index (χ2n) is 6.36. The normalized spacial score (nSPS) is 22.5. The molecule has 2 heterocycles. The minimum absolute atomic E-state index is 0.230. The molecule has 1 aliphatic carbocycles. The predicted octanol–water partition coefficient (Wildman–Crippen LogP) is 2.89. The van der Waals surface area contributed by atoms with Gasteiger partial charge in [-0.1, -0.05) is 30.9 Å². The predicted molar refractivity (Wildman–Crippen MR) is 88.5 cm³/mol. The number of rotatable bonds is 4. The Kier molecular flexibility index (Phi) is 5.16. The maximum Gasteiger partial charge on any atom is 0.134 e. The Morgan fingerprint density at radius 3 is 2.64 bits per heavy atom. The van der Waals surface area contributed by atoms with Gasteiger partial charge in [0.05, 0.1) is 13.2 Å². The summed E-state index contributed by atoms with van der Waals surface area (Å²) >= 11 is 6.04. The van der Waals surface area contributed by atoms with Crippen molar-refractivity contribution >= 4 is 17.4 Å². The molecule has 0 atom stereocenters. The molecular formula is C16H25ClN4O. The van der Waals surface area contributed by atoms with Crippen LogP contribution in [0.15, 0.2) is 6.07 Å². The van der Waals surface area contributed by atoms with E-state index in [1.807, 2.05) is 13.0 Å². The van der Waals surface area contributed by atoms with Crippen LogP contribution in [0.2, 0.25) is 5.15 Å². The van der Waals surface area contributed by atoms with Gasteiger partial charge in [-0.15, -0.1) is 0 Å². The molecule has 2 fully saturated rings. The van der Waals surface area contributed by atoms with E-state index in [2.05, 4.69) is 20.2 Å². The van der Waals surface area contributed by atoms with Gasteiger partial charge in [-0.05, 0) is 19.8 Å². The number of morpholine rings is 1. The maximum atomic E-state index is 6.04. The van der Waals surface area contributed by atoms with E-state index in [1.165, 1.54) is 32.1 Å². The summed E-state index contributed by atoms with van der Waals surface area (Å²) in [6.45, 7) is 6.55. The van der Waals surface area contributed by atoms with E-state index >= 15 is 0 Å². The van der Waals surface area contributed by atoms with Gasteiger partial charge in [0, 0.05) is 31.2 Å². The number of hydrogen-bond donors (Lipinski definition) is 1. The van der Waals surface area contributed by atoms with E-state index in [0.29, 0.717) is 11.0 Å². The van der Waals surface area contributed by atoms with Crippen LogP contribution in [-0.4, -0.2) is 53.3 Å². The summed E-state index contributed by atoms with van der Waals surface area (Å²) < 4.78 is 5.53. The van der Waals surface area contributed by atoms with Crippen LogP contribution >= 0.6 is 11.6 Å². The third kappa shape index (κ3) is 3.70. The number of nitrogens with zero attached hydrogens (tertiary/aromatic N) is 3. The Balaban J connectivity index is 1.72. The van der Waals surface area contributed by atoms with Gasteiger partial charge in [-0.2, -0.15) is 0 Å². The molecule has 1 saturated carbocycles. The van der Waals surface area contributed by atoms with Gasteiger partial charge < -0.3 is 10.1 Å². The van der Waals surface area contributed by atoms with Gasteiger partial charge in [0.15, 0.2) is 0 Å². The van der Waals surface area contributed by atoms with Crippen molar-refractivity contribution in [2.45, 2.75) is 44.6 Å². The zero-order valence-electron chi connectivity index (χ0n) is 13.3. The fraction of sp³-hybridized carbons (Fsp3) is 0.750. The molecule has 1 aromatic heterocycles. The Morgan fingerprint density at radius 1 is 1.23 bits per heavy atom. The monoisotopic (exact) mass is 324 g/mol. The van der Waals surface area contributed by atoms with Crippen LogP contribution in [0.4, 0.5) is 5.82 Å². The average Bonchev–Trinajstić information content (AvgIpc) is 2.54. The zero-order chi connectivity index (χ0) is 15.4. The second-order valence-corrected chi connectivity index (χ2v) is 6.75. The first kappa shape index (κ1) is 16.0. The first-order valence-corrected chi connectivity index (χ1v) is 8.64. The molecule has 122 valence electrons. The molecule has 6 heteroatoms. The summed E-state index contributed by atoms with van der Waals surface area (Å²) in [6.07, 6.45) is 6.46. The van der Waals surface area contributed by atoms with Crippen LogP contribution in [0.1, 0.15) is 37.9 Å². The van der Waals surface area contributed by atoms with Crippen LogP contribution in [0, 0.1) is 6.92 Å². The molecule has 0 amide bonds. The summed E-state index contributed by atoms with van der Waals surface area (Å²) in [6, 6.07) is 1.81. The Morgan fingerprint density at radius 2 is 1.95 bits per heavy atom. The molecule has 1 N–H and O–H groups in total. The number of aromatic nitrogens is 2. The van der Waals surface area contributed by atoms with E-state index < -0.39 is 0 Å². The van der Waals surface area contributed by atoms with Crippen LogP contribution in [-0.2, 0) is 4.74 Å².